The van der Waals surface area contributed by atoms with Crippen molar-refractivity contribution in [2.24, 2.45) is 5.10 Å². The Kier molecular flexibility index (Phi) is 6.78. The molecule has 3 aromatic carbocycles. The van der Waals surface area contributed by atoms with Crippen molar-refractivity contribution >= 4 is 29.4 Å². The van der Waals surface area contributed by atoms with E-state index in [1.54, 1.807) is 24.3 Å². The van der Waals surface area contributed by atoms with E-state index in [0.717, 1.165) is 11.3 Å². The van der Waals surface area contributed by atoms with Gasteiger partial charge in [0.15, 0.2) is 0 Å². The number of benzene rings is 3. The van der Waals surface area contributed by atoms with E-state index in [0.29, 0.717) is 17.2 Å². The highest BCUT2D eigenvalue weighted by Crippen LogP contribution is 2.22. The van der Waals surface area contributed by atoms with Gasteiger partial charge < -0.3 is 15.0 Å². The summed E-state index contributed by atoms with van der Waals surface area (Å²) in [5, 5.41) is 6.34. The van der Waals surface area contributed by atoms with Gasteiger partial charge in [0.25, 0.3) is 0 Å². The van der Waals surface area contributed by atoms with Crippen molar-refractivity contribution < 1.29 is 14.3 Å². The smallest absolute Gasteiger partial charge is 0.329 e. The molecule has 0 spiro atoms. The molecule has 0 heterocycles. The molecule has 0 unspecified atom stereocenters. The van der Waals surface area contributed by atoms with Gasteiger partial charge in [-0.15, -0.1) is 0 Å². The maximum absolute atomic E-state index is 12.0. The van der Waals surface area contributed by atoms with Gasteiger partial charge in [-0.2, -0.15) is 5.10 Å². The van der Waals surface area contributed by atoms with Crippen LogP contribution in [-0.4, -0.2) is 32.1 Å². The Labute approximate surface area is 175 Å². The number of amides is 2. The number of anilines is 2. The minimum atomic E-state index is -0.860. The second kappa shape index (κ2) is 9.88. The van der Waals surface area contributed by atoms with Crippen LogP contribution in [0.15, 0.2) is 84.0 Å². The summed E-state index contributed by atoms with van der Waals surface area (Å²) in [6.45, 7) is 0. The first kappa shape index (κ1) is 20.6. The van der Waals surface area contributed by atoms with Crippen molar-refractivity contribution in [1.82, 2.24) is 5.43 Å². The van der Waals surface area contributed by atoms with Crippen LogP contribution < -0.4 is 20.4 Å². The fourth-order valence-electron chi connectivity index (χ4n) is 2.49. The highest BCUT2D eigenvalue weighted by Gasteiger charge is 2.12. The Morgan fingerprint density at radius 3 is 2.10 bits per heavy atom. The van der Waals surface area contributed by atoms with Crippen LogP contribution >= 0.6 is 0 Å². The number of ether oxygens (including phenoxy) is 1. The van der Waals surface area contributed by atoms with E-state index in [2.05, 4.69) is 15.8 Å². The van der Waals surface area contributed by atoms with Crippen LogP contribution in [0.2, 0.25) is 0 Å². The lowest BCUT2D eigenvalue weighted by Gasteiger charge is -2.11. The van der Waals surface area contributed by atoms with Gasteiger partial charge in [-0.1, -0.05) is 30.3 Å². The number of nitrogens with zero attached hydrogens (tertiary/aromatic N) is 2. The number of rotatable bonds is 6. The molecule has 2 amide bonds. The summed E-state index contributed by atoms with van der Waals surface area (Å²) in [7, 11) is 3.90. The number of hydrogen-bond acceptors (Lipinski definition) is 5. The monoisotopic (exact) mass is 402 g/mol. The molecule has 0 radical (unpaired) electrons. The largest absolute Gasteiger partial charge is 0.457 e. The van der Waals surface area contributed by atoms with E-state index in [4.69, 9.17) is 4.74 Å². The summed E-state index contributed by atoms with van der Waals surface area (Å²) in [4.78, 5) is 25.9. The van der Waals surface area contributed by atoms with Crippen LogP contribution in [-0.2, 0) is 9.59 Å². The number of hydrazone groups is 1. The highest BCUT2D eigenvalue weighted by molar-refractivity contribution is 6.39. The summed E-state index contributed by atoms with van der Waals surface area (Å²) >= 11 is 0. The normalized spacial score (nSPS) is 10.5. The third-order valence-electron chi connectivity index (χ3n) is 4.09. The summed E-state index contributed by atoms with van der Waals surface area (Å²) < 4.78 is 5.69. The first-order valence-electron chi connectivity index (χ1n) is 9.26. The third-order valence-corrected chi connectivity index (χ3v) is 4.09. The molecule has 3 aromatic rings. The fourth-order valence-corrected chi connectivity index (χ4v) is 2.49. The molecule has 7 heteroatoms. The molecular weight excluding hydrogens is 380 g/mol. The molecule has 30 heavy (non-hydrogen) atoms. The van der Waals surface area contributed by atoms with Crippen LogP contribution in [0.25, 0.3) is 0 Å². The zero-order valence-corrected chi connectivity index (χ0v) is 16.7. The Balaban J connectivity index is 1.49. The summed E-state index contributed by atoms with van der Waals surface area (Å²) in [5.74, 6) is -0.343. The van der Waals surface area contributed by atoms with Crippen LogP contribution in [0.3, 0.4) is 0 Å². The van der Waals surface area contributed by atoms with Crippen molar-refractivity contribution in [2.75, 3.05) is 24.3 Å². The van der Waals surface area contributed by atoms with Crippen molar-refractivity contribution in [1.29, 1.82) is 0 Å². The SMILES string of the molecule is CN(C)c1ccc(/C=N\NC(=O)C(=O)Nc2ccc(Oc3ccccc3)cc2)cc1. The summed E-state index contributed by atoms with van der Waals surface area (Å²) in [6, 6.07) is 23.7. The van der Waals surface area contributed by atoms with Crippen molar-refractivity contribution in [2.45, 2.75) is 0 Å². The van der Waals surface area contributed by atoms with Gasteiger partial charge in [-0.05, 0) is 54.1 Å². The van der Waals surface area contributed by atoms with Gasteiger partial charge >= 0.3 is 11.8 Å². The van der Waals surface area contributed by atoms with Crippen molar-refractivity contribution in [3.8, 4) is 11.5 Å². The van der Waals surface area contributed by atoms with E-state index in [1.807, 2.05) is 73.6 Å². The Hall–Kier alpha value is -4.13. The molecule has 152 valence electrons. The van der Waals surface area contributed by atoms with E-state index in [9.17, 15) is 9.59 Å². The quantitative estimate of drug-likeness (QED) is 0.375. The Morgan fingerprint density at radius 1 is 0.833 bits per heavy atom. The first-order valence-corrected chi connectivity index (χ1v) is 9.26. The van der Waals surface area contributed by atoms with Gasteiger partial charge in [0.05, 0.1) is 6.21 Å². The standard InChI is InChI=1S/C23H22N4O3/c1-27(2)19-12-8-17(9-13-19)16-24-26-23(29)22(28)25-18-10-14-21(15-11-18)30-20-6-4-3-5-7-20/h3-16H,1-2H3,(H,25,28)(H,26,29)/b24-16-. The van der Waals surface area contributed by atoms with Crippen molar-refractivity contribution in [3.05, 3.63) is 84.4 Å². The van der Waals surface area contributed by atoms with Gasteiger partial charge in [0, 0.05) is 25.5 Å². The molecule has 0 aliphatic heterocycles. The lowest BCUT2D eigenvalue weighted by atomic mass is 10.2. The molecule has 0 atom stereocenters. The molecule has 7 nitrogen and oxygen atoms in total. The Morgan fingerprint density at radius 2 is 1.47 bits per heavy atom. The Bertz CT molecular complexity index is 1010. The molecule has 0 aromatic heterocycles. The summed E-state index contributed by atoms with van der Waals surface area (Å²) in [5.41, 5.74) is 4.54. The van der Waals surface area contributed by atoms with Crippen LogP contribution in [0.1, 0.15) is 5.56 Å². The van der Waals surface area contributed by atoms with Gasteiger partial charge in [-0.3, -0.25) is 9.59 Å². The van der Waals surface area contributed by atoms with Gasteiger partial charge in [0.2, 0.25) is 0 Å². The molecular formula is C23H22N4O3. The lowest BCUT2D eigenvalue weighted by molar-refractivity contribution is -0.136. The van der Waals surface area contributed by atoms with Crippen LogP contribution in [0, 0.1) is 0 Å². The second-order valence-corrected chi connectivity index (χ2v) is 6.58. The molecule has 0 bridgehead atoms. The minimum absolute atomic E-state index is 0.471. The van der Waals surface area contributed by atoms with Crippen molar-refractivity contribution in [3.63, 3.8) is 0 Å². The molecule has 0 fully saturated rings. The number of carbonyl (C=O) groups is 2. The van der Waals surface area contributed by atoms with E-state index >= 15 is 0 Å². The summed E-state index contributed by atoms with van der Waals surface area (Å²) in [6.07, 6.45) is 1.47. The number of carbonyl (C=O) groups excluding carboxylic acids is 2. The van der Waals surface area contributed by atoms with E-state index in [-0.39, 0.29) is 0 Å². The molecule has 2 N–H and O–H groups in total. The lowest BCUT2D eigenvalue weighted by Crippen LogP contribution is -2.32. The molecule has 0 saturated carbocycles. The molecule has 0 saturated heterocycles. The van der Waals surface area contributed by atoms with Crippen LogP contribution in [0.5, 0.6) is 11.5 Å². The fraction of sp³-hybridized carbons (Fsp3) is 0.0870. The predicted octanol–water partition coefficient (Wildman–Crippen LogP) is 3.63. The van der Waals surface area contributed by atoms with E-state index in [1.165, 1.54) is 6.21 Å². The number of nitrogens with one attached hydrogen (secondary N) is 2. The van der Waals surface area contributed by atoms with Crippen LogP contribution in [0.4, 0.5) is 11.4 Å². The van der Waals surface area contributed by atoms with Gasteiger partial charge in [-0.25, -0.2) is 5.43 Å². The number of hydrogen-bond donors (Lipinski definition) is 2. The average Bonchev–Trinajstić information content (AvgIpc) is 2.76. The highest BCUT2D eigenvalue weighted by atomic mass is 16.5. The topological polar surface area (TPSA) is 83.0 Å². The number of para-hydroxylation sites is 1. The molecule has 0 aliphatic carbocycles. The second-order valence-electron chi connectivity index (χ2n) is 6.58. The molecule has 0 aliphatic rings. The van der Waals surface area contributed by atoms with Gasteiger partial charge in [0.1, 0.15) is 11.5 Å². The third kappa shape index (κ3) is 5.93. The zero-order valence-electron chi connectivity index (χ0n) is 16.7. The zero-order chi connectivity index (χ0) is 21.3. The predicted molar refractivity (Wildman–Crippen MR) is 118 cm³/mol. The average molecular weight is 402 g/mol. The maximum atomic E-state index is 12.0. The van der Waals surface area contributed by atoms with E-state index < -0.39 is 11.8 Å². The minimum Gasteiger partial charge on any atom is -0.457 e. The molecule has 3 rings (SSSR count). The first-order chi connectivity index (χ1) is 14.5. The maximum Gasteiger partial charge on any atom is 0.329 e.